The third-order valence-corrected chi connectivity index (χ3v) is 3.47. The van der Waals surface area contributed by atoms with E-state index in [2.05, 4.69) is 20.7 Å². The van der Waals surface area contributed by atoms with Gasteiger partial charge in [0.15, 0.2) is 5.76 Å². The molecule has 1 aromatic rings. The Balaban J connectivity index is 1.75. The summed E-state index contributed by atoms with van der Waals surface area (Å²) in [5.74, 6) is 2.05. The Morgan fingerprint density at radius 3 is 3.28 bits per heavy atom. The Morgan fingerprint density at radius 1 is 1.50 bits per heavy atom. The van der Waals surface area contributed by atoms with Crippen molar-refractivity contribution in [3.63, 3.8) is 0 Å². The average Bonchev–Trinajstić information content (AvgIpc) is 3.07. The molecule has 92 valence electrons. The fourth-order valence-corrected chi connectivity index (χ4v) is 2.53. The molecule has 0 aromatic carbocycles. The lowest BCUT2D eigenvalue weighted by Gasteiger charge is -2.25. The van der Waals surface area contributed by atoms with E-state index in [-0.39, 0.29) is 0 Å². The van der Waals surface area contributed by atoms with Crippen LogP contribution in [0.25, 0.3) is 0 Å². The van der Waals surface area contributed by atoms with Crippen LogP contribution in [0.2, 0.25) is 0 Å². The molecular formula is C11H10ClN5O. The highest BCUT2D eigenvalue weighted by atomic mass is 35.5. The first-order valence-corrected chi connectivity index (χ1v) is 6.06. The number of fused-ring (bicyclic) bond motifs is 2. The Kier molecular flexibility index (Phi) is 1.90. The van der Waals surface area contributed by atoms with Crippen molar-refractivity contribution < 1.29 is 4.42 Å². The van der Waals surface area contributed by atoms with Crippen LogP contribution >= 0.6 is 11.6 Å². The first-order chi connectivity index (χ1) is 8.76. The van der Waals surface area contributed by atoms with E-state index >= 15 is 0 Å². The van der Waals surface area contributed by atoms with Crippen LogP contribution in [0, 0.1) is 0 Å². The second-order valence-electron chi connectivity index (χ2n) is 4.27. The lowest BCUT2D eigenvalue weighted by atomic mass is 10.2. The molecule has 0 bridgehead atoms. The van der Waals surface area contributed by atoms with E-state index in [1.807, 2.05) is 6.21 Å². The number of hydrogen-bond donors (Lipinski definition) is 2. The molecule has 1 aromatic heterocycles. The normalized spacial score (nSPS) is 29.2. The van der Waals surface area contributed by atoms with Crippen molar-refractivity contribution in [3.05, 3.63) is 35.6 Å². The summed E-state index contributed by atoms with van der Waals surface area (Å²) < 4.78 is 5.32. The fraction of sp³-hybridized carbons (Fsp3) is 0.273. The summed E-state index contributed by atoms with van der Waals surface area (Å²) in [7, 11) is 0. The maximum absolute atomic E-state index is 6.44. The van der Waals surface area contributed by atoms with Gasteiger partial charge in [0.05, 0.1) is 6.26 Å². The van der Waals surface area contributed by atoms with Crippen LogP contribution in [0.15, 0.2) is 44.2 Å². The van der Waals surface area contributed by atoms with E-state index in [0.717, 1.165) is 24.4 Å². The Labute approximate surface area is 108 Å². The van der Waals surface area contributed by atoms with Gasteiger partial charge >= 0.3 is 0 Å². The zero-order chi connectivity index (χ0) is 12.2. The van der Waals surface area contributed by atoms with Gasteiger partial charge in [0, 0.05) is 18.3 Å². The zero-order valence-corrected chi connectivity index (χ0v) is 10.1. The molecule has 0 fully saturated rings. The summed E-state index contributed by atoms with van der Waals surface area (Å²) in [5.41, 5.74) is 4.26. The standard InChI is InChI=1S/C11H10ClN5O/c12-11(8-2-1-5-18-8)15-10-14-6-7-3-4-13-9(7)17(10)16-11/h1-2,5-6,13,16H,3-4H2. The van der Waals surface area contributed by atoms with Crippen LogP contribution < -0.4 is 10.7 Å². The van der Waals surface area contributed by atoms with Crippen LogP contribution in [0.4, 0.5) is 0 Å². The third-order valence-electron chi connectivity index (χ3n) is 3.11. The molecule has 6 nitrogen and oxygen atoms in total. The molecule has 0 aliphatic carbocycles. The van der Waals surface area contributed by atoms with Crippen LogP contribution in [0.5, 0.6) is 0 Å². The second kappa shape index (κ2) is 3.37. The summed E-state index contributed by atoms with van der Waals surface area (Å²) in [6.07, 6.45) is 4.36. The monoisotopic (exact) mass is 263 g/mol. The largest absolute Gasteiger partial charge is 0.464 e. The third kappa shape index (κ3) is 1.27. The average molecular weight is 264 g/mol. The van der Waals surface area contributed by atoms with E-state index in [1.165, 1.54) is 0 Å². The number of nitrogens with zero attached hydrogens (tertiary/aromatic N) is 3. The van der Waals surface area contributed by atoms with Gasteiger partial charge in [-0.2, -0.15) is 5.43 Å². The van der Waals surface area contributed by atoms with E-state index in [4.69, 9.17) is 16.0 Å². The zero-order valence-electron chi connectivity index (χ0n) is 9.35. The van der Waals surface area contributed by atoms with Gasteiger partial charge in [0.1, 0.15) is 5.82 Å². The van der Waals surface area contributed by atoms with Crippen molar-refractivity contribution >= 4 is 23.8 Å². The minimum Gasteiger partial charge on any atom is -0.464 e. The van der Waals surface area contributed by atoms with E-state index in [9.17, 15) is 0 Å². The highest BCUT2D eigenvalue weighted by Crippen LogP contribution is 2.35. The van der Waals surface area contributed by atoms with Crippen molar-refractivity contribution in [3.8, 4) is 0 Å². The molecule has 3 aliphatic heterocycles. The second-order valence-corrected chi connectivity index (χ2v) is 4.81. The number of hydrazine groups is 1. The van der Waals surface area contributed by atoms with E-state index in [0.29, 0.717) is 11.7 Å². The van der Waals surface area contributed by atoms with Crippen molar-refractivity contribution in [2.75, 3.05) is 6.54 Å². The molecule has 0 amide bonds. The molecule has 0 spiro atoms. The van der Waals surface area contributed by atoms with Gasteiger partial charge in [0.25, 0.3) is 5.12 Å². The van der Waals surface area contributed by atoms with Crippen LogP contribution in [0.1, 0.15) is 12.2 Å². The molecular weight excluding hydrogens is 254 g/mol. The van der Waals surface area contributed by atoms with Crippen molar-refractivity contribution in [1.29, 1.82) is 0 Å². The molecule has 2 N–H and O–H groups in total. The number of halogens is 1. The molecule has 4 rings (SSSR count). The summed E-state index contributed by atoms with van der Waals surface area (Å²) in [5, 5.41) is 3.95. The minimum absolute atomic E-state index is 0.537. The van der Waals surface area contributed by atoms with Gasteiger partial charge in [-0.15, -0.1) is 0 Å². The maximum Gasteiger partial charge on any atom is 0.265 e. The van der Waals surface area contributed by atoms with Gasteiger partial charge in [0.2, 0.25) is 5.96 Å². The molecule has 18 heavy (non-hydrogen) atoms. The fourth-order valence-electron chi connectivity index (χ4n) is 2.26. The summed E-state index contributed by atoms with van der Waals surface area (Å²) in [6, 6.07) is 3.56. The Bertz CT molecular complexity index is 591. The number of aliphatic imine (C=N–C) groups is 2. The van der Waals surface area contributed by atoms with Crippen LogP contribution in [0.3, 0.4) is 0 Å². The smallest absolute Gasteiger partial charge is 0.265 e. The predicted octanol–water partition coefficient (Wildman–Crippen LogP) is 1.09. The number of hydrogen-bond acceptors (Lipinski definition) is 6. The van der Waals surface area contributed by atoms with Gasteiger partial charge in [-0.3, -0.25) is 0 Å². The lowest BCUT2D eigenvalue weighted by Crippen LogP contribution is -2.46. The van der Waals surface area contributed by atoms with Gasteiger partial charge in [-0.1, -0.05) is 11.6 Å². The van der Waals surface area contributed by atoms with E-state index in [1.54, 1.807) is 23.4 Å². The maximum atomic E-state index is 6.44. The van der Waals surface area contributed by atoms with E-state index < -0.39 is 5.12 Å². The van der Waals surface area contributed by atoms with Crippen LogP contribution in [-0.4, -0.2) is 23.7 Å². The number of furan rings is 1. The first-order valence-electron chi connectivity index (χ1n) is 5.68. The first kappa shape index (κ1) is 10.2. The number of alkyl halides is 1. The predicted molar refractivity (Wildman–Crippen MR) is 66.8 cm³/mol. The molecule has 7 heteroatoms. The van der Waals surface area contributed by atoms with Crippen molar-refractivity contribution in [1.82, 2.24) is 15.8 Å². The summed E-state index contributed by atoms with van der Waals surface area (Å²) >= 11 is 6.44. The molecule has 0 radical (unpaired) electrons. The van der Waals surface area contributed by atoms with Crippen molar-refractivity contribution in [2.45, 2.75) is 11.5 Å². The summed E-state index contributed by atoms with van der Waals surface area (Å²) in [6.45, 7) is 0.901. The highest BCUT2D eigenvalue weighted by molar-refractivity contribution is 6.24. The highest BCUT2D eigenvalue weighted by Gasteiger charge is 2.44. The van der Waals surface area contributed by atoms with Gasteiger partial charge < -0.3 is 9.73 Å². The SMILES string of the molecule is ClC1(c2ccco2)N=C2N=CC3=C(NCC3)N2N1. The van der Waals surface area contributed by atoms with Crippen molar-refractivity contribution in [2.24, 2.45) is 9.98 Å². The molecule has 3 aliphatic rings. The number of nitrogens with one attached hydrogen (secondary N) is 2. The molecule has 1 atom stereocenters. The van der Waals surface area contributed by atoms with Crippen LogP contribution in [-0.2, 0) is 5.12 Å². The molecule has 0 saturated heterocycles. The molecule has 4 heterocycles. The number of rotatable bonds is 1. The quantitative estimate of drug-likeness (QED) is 0.588. The minimum atomic E-state index is -1.12. The van der Waals surface area contributed by atoms with Gasteiger partial charge in [-0.05, 0) is 18.6 Å². The molecule has 0 saturated carbocycles. The number of guanidine groups is 1. The summed E-state index contributed by atoms with van der Waals surface area (Å²) in [4.78, 5) is 8.68. The topological polar surface area (TPSA) is 65.2 Å². The Hall–Kier alpha value is -1.79. The molecule has 1 unspecified atom stereocenters. The Morgan fingerprint density at radius 2 is 2.44 bits per heavy atom. The lowest BCUT2D eigenvalue weighted by molar-refractivity contribution is 0.282. The van der Waals surface area contributed by atoms with Gasteiger partial charge in [-0.25, -0.2) is 15.0 Å².